The van der Waals surface area contributed by atoms with Gasteiger partial charge in [-0.25, -0.2) is 4.39 Å². The molecule has 2 saturated heterocycles. The van der Waals surface area contributed by atoms with Crippen molar-refractivity contribution in [3.63, 3.8) is 0 Å². The summed E-state index contributed by atoms with van der Waals surface area (Å²) in [6, 6.07) is 12.4. The van der Waals surface area contributed by atoms with Crippen molar-refractivity contribution in [3.05, 3.63) is 59.4 Å². The molecule has 2 aliphatic heterocycles. The van der Waals surface area contributed by atoms with Gasteiger partial charge in [0.15, 0.2) is 0 Å². The summed E-state index contributed by atoms with van der Waals surface area (Å²) in [7, 11) is 0. The average Bonchev–Trinajstić information content (AvgIpc) is 2.80. The van der Waals surface area contributed by atoms with Crippen LogP contribution in [0.4, 0.5) is 15.8 Å². The first-order valence-corrected chi connectivity index (χ1v) is 10.8. The highest BCUT2D eigenvalue weighted by molar-refractivity contribution is 5.95. The highest BCUT2D eigenvalue weighted by Crippen LogP contribution is 2.25. The summed E-state index contributed by atoms with van der Waals surface area (Å²) in [5.74, 6) is -0.664. The molecule has 0 saturated carbocycles. The van der Waals surface area contributed by atoms with Crippen LogP contribution in [0.5, 0.6) is 0 Å². The van der Waals surface area contributed by atoms with Crippen molar-refractivity contribution in [1.29, 1.82) is 0 Å². The van der Waals surface area contributed by atoms with Crippen LogP contribution < -0.4 is 10.2 Å². The Morgan fingerprint density at radius 1 is 1.00 bits per heavy atom. The van der Waals surface area contributed by atoms with Gasteiger partial charge in [-0.2, -0.15) is 0 Å². The lowest BCUT2D eigenvalue weighted by Crippen LogP contribution is -2.41. The number of anilines is 2. The third-order valence-electron chi connectivity index (χ3n) is 6.02. The molecule has 0 spiro atoms. The highest BCUT2D eigenvalue weighted by Gasteiger charge is 2.28. The molecule has 7 heteroatoms. The maximum atomic E-state index is 14.6. The molecule has 0 aromatic heterocycles. The zero-order valence-corrected chi connectivity index (χ0v) is 17.8. The van der Waals surface area contributed by atoms with E-state index in [0.717, 1.165) is 5.56 Å². The van der Waals surface area contributed by atoms with E-state index >= 15 is 0 Å². The van der Waals surface area contributed by atoms with Crippen molar-refractivity contribution in [2.75, 3.05) is 49.6 Å². The van der Waals surface area contributed by atoms with Gasteiger partial charge in [-0.3, -0.25) is 9.59 Å². The first-order valence-electron chi connectivity index (χ1n) is 10.8. The molecule has 1 N–H and O–H groups in total. The lowest BCUT2D eigenvalue weighted by Gasteiger charge is -2.31. The highest BCUT2D eigenvalue weighted by atomic mass is 19.1. The molecule has 2 aliphatic rings. The number of likely N-dealkylation sites (tertiary alicyclic amines) is 1. The van der Waals surface area contributed by atoms with Gasteiger partial charge in [0.1, 0.15) is 5.82 Å². The van der Waals surface area contributed by atoms with Crippen LogP contribution in [0, 0.1) is 18.7 Å². The Morgan fingerprint density at radius 2 is 1.68 bits per heavy atom. The first kappa shape index (κ1) is 21.3. The maximum absolute atomic E-state index is 14.6. The molecule has 4 rings (SSSR count). The Balaban J connectivity index is 1.31. The Bertz CT molecular complexity index is 934. The molecule has 0 atom stereocenters. The van der Waals surface area contributed by atoms with Gasteiger partial charge in [-0.05, 0) is 50.1 Å². The van der Waals surface area contributed by atoms with Gasteiger partial charge in [-0.15, -0.1) is 0 Å². The van der Waals surface area contributed by atoms with Gasteiger partial charge in [0.2, 0.25) is 5.91 Å². The summed E-state index contributed by atoms with van der Waals surface area (Å²) >= 11 is 0. The predicted octanol–water partition coefficient (Wildman–Crippen LogP) is 3.46. The third-order valence-corrected chi connectivity index (χ3v) is 6.02. The quantitative estimate of drug-likeness (QED) is 0.815. The van der Waals surface area contributed by atoms with Crippen LogP contribution in [0.3, 0.4) is 0 Å². The number of morpholine rings is 1. The number of hydrogen-bond donors (Lipinski definition) is 1. The minimum atomic E-state index is -0.349. The monoisotopic (exact) mass is 425 g/mol. The van der Waals surface area contributed by atoms with E-state index in [9.17, 15) is 14.0 Å². The van der Waals surface area contributed by atoms with Crippen molar-refractivity contribution < 1.29 is 18.7 Å². The minimum Gasteiger partial charge on any atom is -0.378 e. The Labute approximate surface area is 182 Å². The molecule has 2 amide bonds. The topological polar surface area (TPSA) is 61.9 Å². The van der Waals surface area contributed by atoms with Crippen molar-refractivity contribution in [2.24, 2.45) is 5.92 Å². The number of amides is 2. The summed E-state index contributed by atoms with van der Waals surface area (Å²) < 4.78 is 19.9. The summed E-state index contributed by atoms with van der Waals surface area (Å²) in [6.07, 6.45) is 1.19. The Kier molecular flexibility index (Phi) is 6.51. The molecule has 0 bridgehead atoms. The van der Waals surface area contributed by atoms with Crippen molar-refractivity contribution in [2.45, 2.75) is 19.8 Å². The van der Waals surface area contributed by atoms with Gasteiger partial charge >= 0.3 is 0 Å². The molecular weight excluding hydrogens is 397 g/mol. The lowest BCUT2D eigenvalue weighted by atomic mass is 9.95. The fraction of sp³-hybridized carbons (Fsp3) is 0.417. The van der Waals surface area contributed by atoms with E-state index < -0.39 is 0 Å². The summed E-state index contributed by atoms with van der Waals surface area (Å²) in [6.45, 7) is 5.54. The SMILES string of the molecule is Cc1ccc(C(=O)N2CCC(C(=O)Nc3ccc(N4CCOCC4)c(F)c3)CC2)cc1. The summed E-state index contributed by atoms with van der Waals surface area (Å²) in [4.78, 5) is 29.1. The predicted molar refractivity (Wildman–Crippen MR) is 118 cm³/mol. The fourth-order valence-electron chi connectivity index (χ4n) is 4.11. The number of halogens is 1. The molecule has 0 radical (unpaired) electrons. The van der Waals surface area contributed by atoms with Crippen molar-refractivity contribution in [3.8, 4) is 0 Å². The second kappa shape index (κ2) is 9.47. The van der Waals surface area contributed by atoms with E-state index in [1.807, 2.05) is 36.1 Å². The van der Waals surface area contributed by atoms with Crippen LogP contribution in [-0.4, -0.2) is 56.1 Å². The smallest absolute Gasteiger partial charge is 0.253 e. The number of hydrogen-bond acceptors (Lipinski definition) is 4. The molecule has 31 heavy (non-hydrogen) atoms. The number of nitrogens with one attached hydrogen (secondary N) is 1. The third kappa shape index (κ3) is 5.05. The second-order valence-corrected chi connectivity index (χ2v) is 8.19. The molecule has 6 nitrogen and oxygen atoms in total. The van der Waals surface area contributed by atoms with Crippen LogP contribution in [0.15, 0.2) is 42.5 Å². The van der Waals surface area contributed by atoms with E-state index in [4.69, 9.17) is 4.74 Å². The number of nitrogens with zero attached hydrogens (tertiary/aromatic N) is 2. The molecule has 0 unspecified atom stereocenters. The van der Waals surface area contributed by atoms with E-state index in [1.165, 1.54) is 6.07 Å². The molecule has 2 heterocycles. The van der Waals surface area contributed by atoms with Crippen molar-refractivity contribution in [1.82, 2.24) is 4.90 Å². The van der Waals surface area contributed by atoms with Crippen LogP contribution in [-0.2, 0) is 9.53 Å². The Morgan fingerprint density at radius 3 is 2.32 bits per heavy atom. The maximum Gasteiger partial charge on any atom is 0.253 e. The van der Waals surface area contributed by atoms with Crippen LogP contribution in [0.1, 0.15) is 28.8 Å². The van der Waals surface area contributed by atoms with Crippen LogP contribution >= 0.6 is 0 Å². The second-order valence-electron chi connectivity index (χ2n) is 8.19. The van der Waals surface area contributed by atoms with Gasteiger partial charge in [0, 0.05) is 43.3 Å². The van der Waals surface area contributed by atoms with E-state index in [-0.39, 0.29) is 23.5 Å². The van der Waals surface area contributed by atoms with E-state index in [0.29, 0.717) is 69.2 Å². The van der Waals surface area contributed by atoms with Gasteiger partial charge in [-0.1, -0.05) is 17.7 Å². The van der Waals surface area contributed by atoms with Crippen LogP contribution in [0.25, 0.3) is 0 Å². The molecule has 2 aromatic carbocycles. The number of carbonyl (C=O) groups excluding carboxylic acids is 2. The van der Waals surface area contributed by atoms with Crippen LogP contribution in [0.2, 0.25) is 0 Å². The zero-order chi connectivity index (χ0) is 21.8. The van der Waals surface area contributed by atoms with Crippen molar-refractivity contribution >= 4 is 23.2 Å². The summed E-state index contributed by atoms with van der Waals surface area (Å²) in [5.41, 5.74) is 2.77. The molecule has 2 fully saturated rings. The number of carbonyl (C=O) groups is 2. The normalized spacial score (nSPS) is 17.5. The molecule has 2 aromatic rings. The number of aryl methyl sites for hydroxylation is 1. The Hall–Kier alpha value is -2.93. The number of ether oxygens (including phenoxy) is 1. The number of rotatable bonds is 4. The average molecular weight is 426 g/mol. The first-order chi connectivity index (χ1) is 15.0. The zero-order valence-electron chi connectivity index (χ0n) is 17.8. The largest absolute Gasteiger partial charge is 0.378 e. The standard InChI is InChI=1S/C24H28FN3O3/c1-17-2-4-19(5-3-17)24(30)28-10-8-18(9-11-28)23(29)26-20-6-7-22(21(25)16-20)27-12-14-31-15-13-27/h2-7,16,18H,8-15H2,1H3,(H,26,29). The lowest BCUT2D eigenvalue weighted by molar-refractivity contribution is -0.121. The van der Waals surface area contributed by atoms with Gasteiger partial charge in [0.05, 0.1) is 18.9 Å². The number of piperidine rings is 1. The fourth-order valence-corrected chi connectivity index (χ4v) is 4.11. The molecular formula is C24H28FN3O3. The summed E-state index contributed by atoms with van der Waals surface area (Å²) in [5, 5.41) is 2.84. The van der Waals surface area contributed by atoms with Gasteiger partial charge in [0.25, 0.3) is 5.91 Å². The van der Waals surface area contributed by atoms with E-state index in [1.54, 1.807) is 17.0 Å². The van der Waals surface area contributed by atoms with Gasteiger partial charge < -0.3 is 19.9 Å². The minimum absolute atomic E-state index is 0.000342. The number of benzene rings is 2. The molecule has 164 valence electrons. The van der Waals surface area contributed by atoms with E-state index in [2.05, 4.69) is 5.32 Å². The molecule has 0 aliphatic carbocycles.